The molecule has 4 heteroatoms. The van der Waals surface area contributed by atoms with Crippen molar-refractivity contribution >= 4 is 20.1 Å². The Kier molecular flexibility index (Phi) is 6.26. The SMILES string of the molecule is CSc1cc2c(c(-c3c(O[Si](C)(C)C(C)(C)C)ccc4c3CCCC4)c1O)CCCC2. The van der Waals surface area contributed by atoms with Crippen molar-refractivity contribution in [2.24, 2.45) is 0 Å². The minimum Gasteiger partial charge on any atom is -0.543 e. The van der Waals surface area contributed by atoms with E-state index in [9.17, 15) is 5.11 Å². The molecule has 0 aliphatic heterocycles. The third-order valence-electron chi connectivity index (χ3n) is 7.72. The summed E-state index contributed by atoms with van der Waals surface area (Å²) in [5.41, 5.74) is 7.93. The van der Waals surface area contributed by atoms with Crippen molar-refractivity contribution in [2.45, 2.75) is 95.2 Å². The Balaban J connectivity index is 2.00. The third kappa shape index (κ3) is 4.18. The second-order valence-electron chi connectivity index (χ2n) is 10.8. The Morgan fingerprint density at radius 1 is 0.871 bits per heavy atom. The van der Waals surface area contributed by atoms with E-state index in [2.05, 4.69) is 58.3 Å². The van der Waals surface area contributed by atoms with Crippen LogP contribution in [0.4, 0.5) is 0 Å². The first-order valence-corrected chi connectivity index (χ1v) is 16.0. The van der Waals surface area contributed by atoms with Gasteiger partial charge in [0.25, 0.3) is 8.32 Å². The lowest BCUT2D eigenvalue weighted by Crippen LogP contribution is -2.44. The van der Waals surface area contributed by atoms with Crippen molar-refractivity contribution < 1.29 is 9.53 Å². The van der Waals surface area contributed by atoms with Crippen LogP contribution in [0.5, 0.6) is 11.5 Å². The number of hydrogen-bond acceptors (Lipinski definition) is 3. The van der Waals surface area contributed by atoms with Gasteiger partial charge in [-0.2, -0.15) is 0 Å². The molecule has 4 rings (SSSR count). The van der Waals surface area contributed by atoms with Crippen LogP contribution in [0.1, 0.15) is 68.7 Å². The van der Waals surface area contributed by atoms with Gasteiger partial charge >= 0.3 is 0 Å². The molecule has 0 saturated heterocycles. The molecular formula is C27H38O2SSi. The standard InChI is InChI=1S/C27H38O2SSi/c1-27(2,3)31(5,6)29-22-16-15-18-11-7-9-13-20(18)24(22)25-21-14-10-8-12-19(21)17-23(30-4)26(25)28/h15-17,28H,7-14H2,1-6H3. The zero-order valence-electron chi connectivity index (χ0n) is 20.2. The maximum Gasteiger partial charge on any atom is 0.250 e. The summed E-state index contributed by atoms with van der Waals surface area (Å²) in [7, 11) is -2.02. The van der Waals surface area contributed by atoms with Crippen LogP contribution in [0.25, 0.3) is 11.1 Å². The van der Waals surface area contributed by atoms with E-state index in [-0.39, 0.29) is 5.04 Å². The van der Waals surface area contributed by atoms with Gasteiger partial charge in [-0.25, -0.2) is 0 Å². The Labute approximate surface area is 193 Å². The quantitative estimate of drug-likeness (QED) is 0.376. The van der Waals surface area contributed by atoms with Gasteiger partial charge in [0.2, 0.25) is 0 Å². The largest absolute Gasteiger partial charge is 0.543 e. The summed E-state index contributed by atoms with van der Waals surface area (Å²) in [5, 5.41) is 11.6. The van der Waals surface area contributed by atoms with Gasteiger partial charge in [0.05, 0.1) is 0 Å². The van der Waals surface area contributed by atoms with Crippen molar-refractivity contribution in [2.75, 3.05) is 6.26 Å². The number of rotatable bonds is 4. The Bertz CT molecular complexity index is 988. The maximum atomic E-state index is 11.5. The number of aromatic hydroxyl groups is 1. The molecule has 0 heterocycles. The predicted octanol–water partition coefficient (Wildman–Crippen LogP) is 7.92. The minimum atomic E-state index is -2.02. The molecule has 2 aliphatic rings. The van der Waals surface area contributed by atoms with Crippen molar-refractivity contribution in [1.82, 2.24) is 0 Å². The zero-order valence-corrected chi connectivity index (χ0v) is 22.0. The molecule has 0 amide bonds. The van der Waals surface area contributed by atoms with Crippen LogP contribution in [0.3, 0.4) is 0 Å². The average Bonchev–Trinajstić information content (AvgIpc) is 2.73. The number of hydrogen-bond donors (Lipinski definition) is 1. The molecule has 2 aromatic rings. The molecule has 0 unspecified atom stereocenters. The highest BCUT2D eigenvalue weighted by Gasteiger charge is 2.40. The van der Waals surface area contributed by atoms with Gasteiger partial charge in [-0.05, 0) is 110 Å². The van der Waals surface area contributed by atoms with Gasteiger partial charge in [0.1, 0.15) is 11.5 Å². The predicted molar refractivity (Wildman–Crippen MR) is 136 cm³/mol. The van der Waals surface area contributed by atoms with Crippen molar-refractivity contribution in [1.29, 1.82) is 0 Å². The molecular weight excluding hydrogens is 416 g/mol. The van der Waals surface area contributed by atoms with Gasteiger partial charge < -0.3 is 9.53 Å². The molecule has 0 spiro atoms. The fourth-order valence-corrected chi connectivity index (χ4v) is 6.47. The van der Waals surface area contributed by atoms with Crippen LogP contribution in [-0.4, -0.2) is 19.7 Å². The van der Waals surface area contributed by atoms with Crippen LogP contribution in [0, 0.1) is 0 Å². The van der Waals surface area contributed by atoms with Crippen molar-refractivity contribution in [3.8, 4) is 22.6 Å². The summed E-state index contributed by atoms with van der Waals surface area (Å²) in [6.07, 6.45) is 11.4. The molecule has 168 valence electrons. The van der Waals surface area contributed by atoms with E-state index < -0.39 is 8.32 Å². The third-order valence-corrected chi connectivity index (χ3v) is 12.8. The molecule has 2 aliphatic carbocycles. The lowest BCUT2D eigenvalue weighted by molar-refractivity contribution is 0.460. The van der Waals surface area contributed by atoms with Gasteiger partial charge in [0.15, 0.2) is 0 Å². The van der Waals surface area contributed by atoms with E-state index in [1.54, 1.807) is 11.8 Å². The first-order valence-electron chi connectivity index (χ1n) is 11.9. The number of thioether (sulfide) groups is 1. The van der Waals surface area contributed by atoms with Crippen LogP contribution < -0.4 is 4.43 Å². The highest BCUT2D eigenvalue weighted by Crippen LogP contribution is 2.50. The number of fused-ring (bicyclic) bond motifs is 2. The molecule has 1 N–H and O–H groups in total. The molecule has 0 fully saturated rings. The molecule has 0 bridgehead atoms. The van der Waals surface area contributed by atoms with Crippen LogP contribution in [-0.2, 0) is 25.7 Å². The Hall–Kier alpha value is -1.39. The monoisotopic (exact) mass is 454 g/mol. The average molecular weight is 455 g/mol. The summed E-state index contributed by atoms with van der Waals surface area (Å²) in [6, 6.07) is 6.74. The fourth-order valence-electron chi connectivity index (χ4n) is 4.88. The molecule has 0 saturated carbocycles. The summed E-state index contributed by atoms with van der Waals surface area (Å²) < 4.78 is 6.96. The summed E-state index contributed by atoms with van der Waals surface area (Å²) in [5.74, 6) is 1.46. The Morgan fingerprint density at radius 2 is 1.45 bits per heavy atom. The highest BCUT2D eigenvalue weighted by molar-refractivity contribution is 7.98. The minimum absolute atomic E-state index is 0.128. The lowest BCUT2D eigenvalue weighted by Gasteiger charge is -2.38. The molecule has 0 radical (unpaired) electrons. The van der Waals surface area contributed by atoms with E-state index in [1.165, 1.54) is 53.5 Å². The van der Waals surface area contributed by atoms with E-state index >= 15 is 0 Å². The summed E-state index contributed by atoms with van der Waals surface area (Å²) in [4.78, 5) is 1.00. The second kappa shape index (κ2) is 8.51. The number of aryl methyl sites for hydroxylation is 2. The number of phenols is 1. The zero-order chi connectivity index (χ0) is 22.4. The van der Waals surface area contributed by atoms with E-state index in [1.807, 2.05) is 0 Å². The van der Waals surface area contributed by atoms with E-state index in [0.717, 1.165) is 41.9 Å². The molecule has 2 nitrogen and oxygen atoms in total. The van der Waals surface area contributed by atoms with Gasteiger partial charge in [-0.3, -0.25) is 0 Å². The molecule has 2 aromatic carbocycles. The summed E-state index contributed by atoms with van der Waals surface area (Å²) in [6.45, 7) is 11.5. The Morgan fingerprint density at radius 3 is 2.06 bits per heavy atom. The molecule has 0 aromatic heterocycles. The number of benzene rings is 2. The molecule has 31 heavy (non-hydrogen) atoms. The van der Waals surface area contributed by atoms with Crippen molar-refractivity contribution in [3.63, 3.8) is 0 Å². The smallest absolute Gasteiger partial charge is 0.250 e. The number of phenolic OH excluding ortho intramolecular Hbond substituents is 1. The van der Waals surface area contributed by atoms with Gasteiger partial charge in [0, 0.05) is 16.0 Å². The van der Waals surface area contributed by atoms with Crippen LogP contribution in [0.15, 0.2) is 23.1 Å². The first kappa shape index (κ1) is 22.8. The van der Waals surface area contributed by atoms with Crippen molar-refractivity contribution in [3.05, 3.63) is 40.5 Å². The second-order valence-corrected chi connectivity index (χ2v) is 16.4. The first-order chi connectivity index (χ1) is 14.6. The normalized spacial score (nSPS) is 16.6. The van der Waals surface area contributed by atoms with Gasteiger partial charge in [-0.15, -0.1) is 11.8 Å². The summed E-state index contributed by atoms with van der Waals surface area (Å²) >= 11 is 1.66. The molecule has 0 atom stereocenters. The van der Waals surface area contributed by atoms with E-state index in [0.29, 0.717) is 5.75 Å². The van der Waals surface area contributed by atoms with Crippen LogP contribution in [0.2, 0.25) is 18.1 Å². The van der Waals surface area contributed by atoms with E-state index in [4.69, 9.17) is 4.43 Å². The van der Waals surface area contributed by atoms with Crippen LogP contribution >= 0.6 is 11.8 Å². The fraction of sp³-hybridized carbons (Fsp3) is 0.556. The van der Waals surface area contributed by atoms with Gasteiger partial charge in [-0.1, -0.05) is 26.8 Å². The highest BCUT2D eigenvalue weighted by atomic mass is 32.2. The maximum absolute atomic E-state index is 11.5. The lowest BCUT2D eigenvalue weighted by atomic mass is 9.80. The topological polar surface area (TPSA) is 29.5 Å².